The molecule has 1 aliphatic carbocycles. The second-order valence-electron chi connectivity index (χ2n) is 8.91. The van der Waals surface area contributed by atoms with Gasteiger partial charge in [0.05, 0.1) is 5.69 Å². The highest BCUT2D eigenvalue weighted by atomic mass is 19.1. The lowest BCUT2D eigenvalue weighted by Gasteiger charge is -2.21. The number of rotatable bonds is 5. The van der Waals surface area contributed by atoms with Crippen molar-refractivity contribution >= 4 is 5.91 Å². The molecule has 0 fully saturated rings. The van der Waals surface area contributed by atoms with Crippen LogP contribution >= 0.6 is 0 Å². The Balaban J connectivity index is 1.42. The number of benzene rings is 3. The molecule has 1 atom stereocenters. The zero-order chi connectivity index (χ0) is 22.8. The number of hydrogen-bond acceptors (Lipinski definition) is 1. The van der Waals surface area contributed by atoms with Crippen LogP contribution in [0.1, 0.15) is 40.5 Å². The summed E-state index contributed by atoms with van der Waals surface area (Å²) in [7, 11) is 0. The molecule has 33 heavy (non-hydrogen) atoms. The minimum atomic E-state index is -0.301. The van der Waals surface area contributed by atoms with Crippen LogP contribution < -0.4 is 5.32 Å². The number of aromatic nitrogens is 1. The predicted molar refractivity (Wildman–Crippen MR) is 130 cm³/mol. The monoisotopic (exact) mass is 438 g/mol. The Morgan fingerprint density at radius 3 is 2.55 bits per heavy atom. The van der Waals surface area contributed by atoms with Crippen LogP contribution in [0.5, 0.6) is 0 Å². The molecule has 1 amide bonds. The number of carbonyl (C=O) groups is 1. The van der Waals surface area contributed by atoms with Gasteiger partial charge in [0.1, 0.15) is 5.82 Å². The van der Waals surface area contributed by atoms with E-state index in [1.54, 1.807) is 12.1 Å². The van der Waals surface area contributed by atoms with Crippen LogP contribution in [0.15, 0.2) is 84.9 Å². The summed E-state index contributed by atoms with van der Waals surface area (Å²) in [6.07, 6.45) is 3.34. The zero-order valence-corrected chi connectivity index (χ0v) is 18.7. The lowest BCUT2D eigenvalue weighted by Crippen LogP contribution is -2.22. The smallest absolute Gasteiger partial charge is 0.251 e. The van der Waals surface area contributed by atoms with E-state index in [4.69, 9.17) is 0 Å². The highest BCUT2D eigenvalue weighted by molar-refractivity contribution is 5.94. The first-order valence-corrected chi connectivity index (χ1v) is 11.5. The molecule has 5 rings (SSSR count). The lowest BCUT2D eigenvalue weighted by atomic mass is 9.89. The van der Waals surface area contributed by atoms with Crippen molar-refractivity contribution in [1.29, 1.82) is 0 Å². The van der Waals surface area contributed by atoms with Crippen LogP contribution in [-0.2, 0) is 19.4 Å². The first-order valence-electron chi connectivity index (χ1n) is 11.5. The van der Waals surface area contributed by atoms with Crippen LogP contribution in [0.4, 0.5) is 4.39 Å². The average Bonchev–Trinajstić information content (AvgIpc) is 3.22. The number of carbonyl (C=O) groups excluding carboxylic acids is 1. The molecule has 1 N–H and O–H groups in total. The van der Waals surface area contributed by atoms with Gasteiger partial charge in [0.25, 0.3) is 5.91 Å². The minimum Gasteiger partial charge on any atom is -0.348 e. The molecule has 166 valence electrons. The van der Waals surface area contributed by atoms with E-state index < -0.39 is 0 Å². The van der Waals surface area contributed by atoms with Crippen molar-refractivity contribution in [3.8, 4) is 16.9 Å². The van der Waals surface area contributed by atoms with Crippen molar-refractivity contribution < 1.29 is 9.18 Å². The van der Waals surface area contributed by atoms with Gasteiger partial charge in [-0.1, -0.05) is 49.4 Å². The van der Waals surface area contributed by atoms with Crippen molar-refractivity contribution in [3.05, 3.63) is 113 Å². The molecule has 3 aromatic carbocycles. The maximum absolute atomic E-state index is 13.4. The van der Waals surface area contributed by atoms with Gasteiger partial charge in [0.2, 0.25) is 0 Å². The van der Waals surface area contributed by atoms with Crippen molar-refractivity contribution in [2.75, 3.05) is 0 Å². The molecule has 4 aromatic rings. The molecule has 0 saturated carbocycles. The maximum Gasteiger partial charge on any atom is 0.251 e. The summed E-state index contributed by atoms with van der Waals surface area (Å²) < 4.78 is 15.7. The molecule has 0 aliphatic heterocycles. The van der Waals surface area contributed by atoms with Crippen LogP contribution in [-0.4, -0.2) is 10.5 Å². The normalized spacial score (nSPS) is 15.2. The molecule has 1 heterocycles. The Morgan fingerprint density at radius 2 is 1.79 bits per heavy atom. The van der Waals surface area contributed by atoms with E-state index in [0.29, 0.717) is 18.0 Å². The second kappa shape index (κ2) is 9.07. The number of fused-ring (bicyclic) bond motifs is 1. The van der Waals surface area contributed by atoms with Gasteiger partial charge in [-0.25, -0.2) is 4.39 Å². The molecule has 1 aliphatic rings. The quantitative estimate of drug-likeness (QED) is 0.388. The molecule has 0 saturated heterocycles. The first-order chi connectivity index (χ1) is 16.1. The Morgan fingerprint density at radius 1 is 1.00 bits per heavy atom. The Kier molecular flexibility index (Phi) is 5.82. The van der Waals surface area contributed by atoms with Crippen molar-refractivity contribution in [3.63, 3.8) is 0 Å². The third-order valence-electron chi connectivity index (χ3n) is 6.43. The van der Waals surface area contributed by atoms with E-state index >= 15 is 0 Å². The summed E-state index contributed by atoms with van der Waals surface area (Å²) >= 11 is 0. The Hall–Kier alpha value is -3.66. The van der Waals surface area contributed by atoms with Gasteiger partial charge in [-0.05, 0) is 84.3 Å². The molecule has 1 aromatic heterocycles. The fraction of sp³-hybridized carbons (Fsp3) is 0.207. The van der Waals surface area contributed by atoms with E-state index in [-0.39, 0.29) is 11.7 Å². The van der Waals surface area contributed by atoms with Gasteiger partial charge in [-0.15, -0.1) is 0 Å². The van der Waals surface area contributed by atoms with Gasteiger partial charge < -0.3 is 9.88 Å². The molecule has 0 radical (unpaired) electrons. The van der Waals surface area contributed by atoms with Gasteiger partial charge in [0, 0.05) is 23.5 Å². The zero-order valence-electron chi connectivity index (χ0n) is 18.7. The summed E-state index contributed by atoms with van der Waals surface area (Å²) in [4.78, 5) is 12.6. The predicted octanol–water partition coefficient (Wildman–Crippen LogP) is 6.34. The summed E-state index contributed by atoms with van der Waals surface area (Å²) in [5.74, 6) is 0.225. The fourth-order valence-corrected chi connectivity index (χ4v) is 4.72. The number of nitrogens with one attached hydrogen (secondary N) is 1. The van der Waals surface area contributed by atoms with Crippen LogP contribution in [0, 0.1) is 11.7 Å². The standard InChI is InChI=1S/C29H27FN2O/c1-20-10-15-27-24(16-20)18-28(22-7-3-2-4-8-22)32(27)26-13-11-23(12-14-26)29(33)31-19-21-6-5-9-25(30)17-21/h2-9,11-14,17-18,20H,10,15-16,19H2,1H3,(H,31,33)/t20-/m0/s1. The molecule has 0 bridgehead atoms. The molecule has 3 nitrogen and oxygen atoms in total. The largest absolute Gasteiger partial charge is 0.348 e. The van der Waals surface area contributed by atoms with Gasteiger partial charge in [-0.2, -0.15) is 0 Å². The van der Waals surface area contributed by atoms with Crippen LogP contribution in [0.3, 0.4) is 0 Å². The SMILES string of the molecule is C[C@H]1CCc2c(cc(-c3ccccc3)n2-c2ccc(C(=O)NCc3cccc(F)c3)cc2)C1. The maximum atomic E-state index is 13.4. The second-order valence-corrected chi connectivity index (χ2v) is 8.91. The van der Waals surface area contributed by atoms with Crippen molar-refractivity contribution in [2.45, 2.75) is 32.7 Å². The highest BCUT2D eigenvalue weighted by Gasteiger charge is 2.23. The molecular weight excluding hydrogens is 411 g/mol. The van der Waals surface area contributed by atoms with Crippen molar-refractivity contribution in [1.82, 2.24) is 9.88 Å². The van der Waals surface area contributed by atoms with Crippen molar-refractivity contribution in [2.24, 2.45) is 5.92 Å². The molecule has 0 unspecified atom stereocenters. The van der Waals surface area contributed by atoms with E-state index in [1.807, 2.05) is 30.3 Å². The molecule has 4 heteroatoms. The third-order valence-corrected chi connectivity index (χ3v) is 6.43. The van der Waals surface area contributed by atoms with Gasteiger partial charge in [0.15, 0.2) is 0 Å². The third kappa shape index (κ3) is 4.47. The number of halogens is 1. The van der Waals surface area contributed by atoms with E-state index in [0.717, 1.165) is 24.1 Å². The topological polar surface area (TPSA) is 34.0 Å². The number of nitrogens with zero attached hydrogens (tertiary/aromatic N) is 1. The summed E-state index contributed by atoms with van der Waals surface area (Å²) in [6.45, 7) is 2.61. The number of hydrogen-bond donors (Lipinski definition) is 1. The van der Waals surface area contributed by atoms with Crippen LogP contribution in [0.25, 0.3) is 16.9 Å². The molecular formula is C29H27FN2O. The van der Waals surface area contributed by atoms with E-state index in [1.165, 1.54) is 41.1 Å². The van der Waals surface area contributed by atoms with E-state index in [2.05, 4.69) is 47.1 Å². The van der Waals surface area contributed by atoms with E-state index in [9.17, 15) is 9.18 Å². The minimum absolute atomic E-state index is 0.169. The fourth-order valence-electron chi connectivity index (χ4n) is 4.72. The summed E-state index contributed by atoms with van der Waals surface area (Å²) in [6, 6.07) is 26.8. The van der Waals surface area contributed by atoms with Gasteiger partial charge >= 0.3 is 0 Å². The molecule has 0 spiro atoms. The van der Waals surface area contributed by atoms with Crippen LogP contribution in [0.2, 0.25) is 0 Å². The summed E-state index contributed by atoms with van der Waals surface area (Å²) in [5, 5.41) is 2.88. The average molecular weight is 439 g/mol. The number of amides is 1. The van der Waals surface area contributed by atoms with Gasteiger partial charge in [-0.3, -0.25) is 4.79 Å². The highest BCUT2D eigenvalue weighted by Crippen LogP contribution is 2.35. The first kappa shape index (κ1) is 21.2. The Labute approximate surface area is 193 Å². The Bertz CT molecular complexity index is 1270. The lowest BCUT2D eigenvalue weighted by molar-refractivity contribution is 0.0951. The summed E-state index contributed by atoms with van der Waals surface area (Å²) in [5.41, 5.74) is 7.56.